The van der Waals surface area contributed by atoms with Crippen molar-refractivity contribution in [2.75, 3.05) is 0 Å². The molecule has 1 heterocycles. The highest BCUT2D eigenvalue weighted by atomic mass is 35.5. The van der Waals surface area contributed by atoms with Crippen LogP contribution in [0, 0.1) is 0 Å². The molecule has 0 aromatic heterocycles. The van der Waals surface area contributed by atoms with Crippen LogP contribution in [-0.2, 0) is 4.79 Å². The number of nitrogens with one attached hydrogen (secondary N) is 1. The van der Waals surface area contributed by atoms with E-state index >= 15 is 0 Å². The summed E-state index contributed by atoms with van der Waals surface area (Å²) in [4.78, 5) is 12.5. The van der Waals surface area contributed by atoms with E-state index in [4.69, 9.17) is 34.8 Å². The quantitative estimate of drug-likeness (QED) is 0.427. The molecule has 25 heavy (non-hydrogen) atoms. The molecule has 2 aromatic carbocycles. The first kappa shape index (κ1) is 18.0. The van der Waals surface area contributed by atoms with Crippen molar-refractivity contribution in [2.24, 2.45) is 10.2 Å². The molecule has 1 aliphatic heterocycles. The van der Waals surface area contributed by atoms with Crippen LogP contribution in [0.15, 0.2) is 57.6 Å². The lowest BCUT2D eigenvalue weighted by molar-refractivity contribution is -0.115. The third kappa shape index (κ3) is 4.64. The number of thioether (sulfide) groups is 1. The van der Waals surface area contributed by atoms with Gasteiger partial charge in [0, 0.05) is 15.6 Å². The highest BCUT2D eigenvalue weighted by molar-refractivity contribution is 8.18. The van der Waals surface area contributed by atoms with Gasteiger partial charge in [-0.3, -0.25) is 10.1 Å². The van der Waals surface area contributed by atoms with Crippen LogP contribution in [0.25, 0.3) is 6.08 Å². The van der Waals surface area contributed by atoms with Crippen LogP contribution in [0.2, 0.25) is 15.1 Å². The number of benzene rings is 2. The zero-order valence-corrected chi connectivity index (χ0v) is 15.6. The van der Waals surface area contributed by atoms with Crippen LogP contribution in [0.3, 0.4) is 0 Å². The molecule has 8 heteroatoms. The minimum Gasteiger partial charge on any atom is -0.299 e. The Balaban J connectivity index is 1.75. The van der Waals surface area contributed by atoms with Gasteiger partial charge in [-0.2, -0.15) is 5.10 Å². The number of hydrogen-bond donors (Lipinski definition) is 1. The lowest BCUT2D eigenvalue weighted by Crippen LogP contribution is -2.19. The average Bonchev–Trinajstić information content (AvgIpc) is 2.91. The second kappa shape index (κ2) is 8.06. The number of nitrogens with zero attached hydrogens (tertiary/aromatic N) is 2. The number of amidine groups is 1. The maximum Gasteiger partial charge on any atom is 0.264 e. The molecule has 0 bridgehead atoms. The van der Waals surface area contributed by atoms with E-state index in [2.05, 4.69) is 15.5 Å². The van der Waals surface area contributed by atoms with Crippen molar-refractivity contribution in [1.82, 2.24) is 5.32 Å². The molecule has 0 atom stereocenters. The summed E-state index contributed by atoms with van der Waals surface area (Å²) in [6.45, 7) is 0. The molecule has 1 saturated heterocycles. The highest BCUT2D eigenvalue weighted by Gasteiger charge is 2.24. The molecule has 126 valence electrons. The fourth-order valence-electron chi connectivity index (χ4n) is 1.96. The van der Waals surface area contributed by atoms with Crippen molar-refractivity contribution < 1.29 is 4.79 Å². The predicted molar refractivity (Wildman–Crippen MR) is 107 cm³/mol. The summed E-state index contributed by atoms with van der Waals surface area (Å²) in [5.74, 6) is -0.247. The molecular formula is C17H10Cl3N3OS. The van der Waals surface area contributed by atoms with E-state index in [9.17, 15) is 4.79 Å². The summed E-state index contributed by atoms with van der Waals surface area (Å²) in [7, 11) is 0. The Hall–Kier alpha value is -1.79. The number of rotatable bonds is 3. The Morgan fingerprint density at radius 2 is 1.80 bits per heavy atom. The molecule has 3 rings (SSSR count). The monoisotopic (exact) mass is 409 g/mol. The van der Waals surface area contributed by atoms with Crippen LogP contribution in [0.1, 0.15) is 11.1 Å². The first-order valence-corrected chi connectivity index (χ1v) is 8.99. The molecule has 4 nitrogen and oxygen atoms in total. The summed E-state index contributed by atoms with van der Waals surface area (Å²) >= 11 is 19.2. The minimum atomic E-state index is -0.247. The van der Waals surface area contributed by atoms with Crippen molar-refractivity contribution >= 4 is 69.9 Å². The second-order valence-electron chi connectivity index (χ2n) is 4.90. The Morgan fingerprint density at radius 3 is 2.56 bits per heavy atom. The lowest BCUT2D eigenvalue weighted by atomic mass is 10.2. The summed E-state index contributed by atoms with van der Waals surface area (Å²) in [6, 6.07) is 12.3. The summed E-state index contributed by atoms with van der Waals surface area (Å²) in [5, 5.41) is 12.6. The Kier molecular flexibility index (Phi) is 5.81. The van der Waals surface area contributed by atoms with Crippen LogP contribution < -0.4 is 5.32 Å². The molecule has 1 fully saturated rings. The minimum absolute atomic E-state index is 0.247. The zero-order chi connectivity index (χ0) is 17.8. The van der Waals surface area contributed by atoms with E-state index < -0.39 is 0 Å². The molecule has 0 radical (unpaired) electrons. The van der Waals surface area contributed by atoms with E-state index in [0.29, 0.717) is 30.7 Å². The molecule has 1 N–H and O–H groups in total. The maximum atomic E-state index is 12.0. The molecule has 1 amide bonds. The van der Waals surface area contributed by atoms with Gasteiger partial charge in [-0.25, -0.2) is 0 Å². The van der Waals surface area contributed by atoms with Gasteiger partial charge in [0.1, 0.15) is 0 Å². The van der Waals surface area contributed by atoms with Gasteiger partial charge in [-0.1, -0.05) is 59.1 Å². The molecule has 0 saturated carbocycles. The van der Waals surface area contributed by atoms with Crippen LogP contribution in [0.4, 0.5) is 0 Å². The maximum absolute atomic E-state index is 12.0. The number of carbonyl (C=O) groups is 1. The van der Waals surface area contributed by atoms with Gasteiger partial charge in [0.2, 0.25) is 0 Å². The number of hydrogen-bond acceptors (Lipinski definition) is 4. The fourth-order valence-corrected chi connectivity index (χ4v) is 3.38. The van der Waals surface area contributed by atoms with Gasteiger partial charge in [0.15, 0.2) is 5.17 Å². The second-order valence-corrected chi connectivity index (χ2v) is 7.18. The summed E-state index contributed by atoms with van der Waals surface area (Å²) < 4.78 is 0. The highest BCUT2D eigenvalue weighted by Crippen LogP contribution is 2.28. The van der Waals surface area contributed by atoms with E-state index in [1.165, 1.54) is 18.0 Å². The van der Waals surface area contributed by atoms with Gasteiger partial charge < -0.3 is 0 Å². The number of halogens is 3. The van der Waals surface area contributed by atoms with E-state index in [0.717, 1.165) is 5.56 Å². The Labute approximate surface area is 163 Å². The van der Waals surface area contributed by atoms with Crippen molar-refractivity contribution in [3.05, 3.63) is 73.6 Å². The third-order valence-electron chi connectivity index (χ3n) is 3.15. The predicted octanol–water partition coefficient (Wildman–Crippen LogP) is 5.24. The smallest absolute Gasteiger partial charge is 0.264 e. The van der Waals surface area contributed by atoms with Gasteiger partial charge in [0.25, 0.3) is 5.91 Å². The summed E-state index contributed by atoms with van der Waals surface area (Å²) in [5.41, 5.74) is 1.44. The third-order valence-corrected chi connectivity index (χ3v) is 4.96. The SMILES string of the molecule is O=C1N/C(=N\N=C\c2ccc(Cl)cc2Cl)S/C1=C/c1ccccc1Cl. The first-order chi connectivity index (χ1) is 12.0. The van der Waals surface area contributed by atoms with E-state index in [1.807, 2.05) is 18.2 Å². The topological polar surface area (TPSA) is 53.8 Å². The van der Waals surface area contributed by atoms with Gasteiger partial charge in [-0.15, -0.1) is 5.10 Å². The van der Waals surface area contributed by atoms with E-state index in [1.54, 1.807) is 30.3 Å². The number of amides is 1. The Morgan fingerprint density at radius 1 is 1.00 bits per heavy atom. The zero-order valence-electron chi connectivity index (χ0n) is 12.5. The standard InChI is InChI=1S/C17H10Cl3N3OS/c18-12-6-5-11(14(20)8-12)9-21-23-17-22-16(24)15(25-17)7-10-3-1-2-4-13(10)19/h1-9H,(H,22,23,24)/b15-7+,21-9+. The van der Waals surface area contributed by atoms with Crippen LogP contribution >= 0.6 is 46.6 Å². The molecule has 0 spiro atoms. The lowest BCUT2D eigenvalue weighted by Gasteiger charge is -1.97. The largest absolute Gasteiger partial charge is 0.299 e. The van der Waals surface area contributed by atoms with E-state index in [-0.39, 0.29) is 5.91 Å². The van der Waals surface area contributed by atoms with Crippen molar-refractivity contribution in [3.63, 3.8) is 0 Å². The van der Waals surface area contributed by atoms with Crippen molar-refractivity contribution in [3.8, 4) is 0 Å². The normalized spacial score (nSPS) is 17.6. The first-order valence-electron chi connectivity index (χ1n) is 7.04. The fraction of sp³-hybridized carbons (Fsp3) is 0. The average molecular weight is 411 g/mol. The summed E-state index contributed by atoms with van der Waals surface area (Å²) in [6.07, 6.45) is 3.21. The Bertz CT molecular complexity index is 925. The van der Waals surface area contributed by atoms with Crippen LogP contribution in [0.5, 0.6) is 0 Å². The van der Waals surface area contributed by atoms with Crippen LogP contribution in [-0.4, -0.2) is 17.3 Å². The number of carbonyl (C=O) groups excluding carboxylic acids is 1. The molecule has 2 aromatic rings. The molecular weight excluding hydrogens is 401 g/mol. The van der Waals surface area contributed by atoms with Gasteiger partial charge in [-0.05, 0) is 41.6 Å². The molecule has 1 aliphatic rings. The van der Waals surface area contributed by atoms with Crippen molar-refractivity contribution in [1.29, 1.82) is 0 Å². The van der Waals surface area contributed by atoms with Gasteiger partial charge in [0.05, 0.1) is 16.1 Å². The van der Waals surface area contributed by atoms with Crippen molar-refractivity contribution in [2.45, 2.75) is 0 Å². The molecule has 0 aliphatic carbocycles. The molecule has 0 unspecified atom stereocenters. The van der Waals surface area contributed by atoms with Gasteiger partial charge >= 0.3 is 0 Å².